The van der Waals surface area contributed by atoms with E-state index in [9.17, 15) is 4.79 Å². The molecule has 1 rings (SSSR count). The van der Waals surface area contributed by atoms with E-state index >= 15 is 0 Å². The highest BCUT2D eigenvalue weighted by Gasteiger charge is 2.26. The van der Waals surface area contributed by atoms with Gasteiger partial charge in [-0.15, -0.1) is 0 Å². The molecule has 21 heavy (non-hydrogen) atoms. The van der Waals surface area contributed by atoms with Gasteiger partial charge in [-0.3, -0.25) is 9.78 Å². The zero-order valence-corrected chi connectivity index (χ0v) is 14.9. The summed E-state index contributed by atoms with van der Waals surface area (Å²) in [6.45, 7) is 5.55. The smallest absolute Gasteiger partial charge is 0.239 e. The SMILES string of the molecule is CO[C@@H](C)c1ncc(C#CC(C)(C)C(=O)N(C)C)cc1Br. The molecule has 1 heterocycles. The Morgan fingerprint density at radius 1 is 1.48 bits per heavy atom. The maximum Gasteiger partial charge on any atom is 0.239 e. The number of rotatable bonds is 3. The summed E-state index contributed by atoms with van der Waals surface area (Å²) in [5, 5.41) is 0. The van der Waals surface area contributed by atoms with E-state index in [1.165, 1.54) is 0 Å². The van der Waals surface area contributed by atoms with Crippen molar-refractivity contribution in [1.82, 2.24) is 9.88 Å². The van der Waals surface area contributed by atoms with Crippen LogP contribution in [0.15, 0.2) is 16.7 Å². The molecule has 0 aliphatic heterocycles. The number of ether oxygens (including phenoxy) is 1. The van der Waals surface area contributed by atoms with Crippen molar-refractivity contribution >= 4 is 21.8 Å². The van der Waals surface area contributed by atoms with Gasteiger partial charge in [-0.2, -0.15) is 0 Å². The Balaban J connectivity index is 3.03. The molecule has 4 nitrogen and oxygen atoms in total. The van der Waals surface area contributed by atoms with Crippen molar-refractivity contribution < 1.29 is 9.53 Å². The average molecular weight is 353 g/mol. The van der Waals surface area contributed by atoms with Crippen LogP contribution in [0.1, 0.15) is 38.1 Å². The Labute approximate surface area is 135 Å². The van der Waals surface area contributed by atoms with E-state index in [0.717, 1.165) is 15.7 Å². The fourth-order valence-electron chi connectivity index (χ4n) is 1.77. The summed E-state index contributed by atoms with van der Waals surface area (Å²) in [4.78, 5) is 17.9. The lowest BCUT2D eigenvalue weighted by molar-refractivity contribution is -0.134. The number of pyridine rings is 1. The Hall–Kier alpha value is -1.38. The van der Waals surface area contributed by atoms with Crippen molar-refractivity contribution in [2.45, 2.75) is 26.9 Å². The second-order valence-electron chi connectivity index (χ2n) is 5.54. The third-order valence-corrected chi connectivity index (χ3v) is 3.70. The van der Waals surface area contributed by atoms with Crippen LogP contribution in [0, 0.1) is 17.3 Å². The number of carbonyl (C=O) groups excluding carboxylic acids is 1. The van der Waals surface area contributed by atoms with Gasteiger partial charge in [0.25, 0.3) is 0 Å². The van der Waals surface area contributed by atoms with Crippen LogP contribution in [0.3, 0.4) is 0 Å². The first-order chi connectivity index (χ1) is 9.69. The summed E-state index contributed by atoms with van der Waals surface area (Å²) in [6, 6.07) is 1.89. The quantitative estimate of drug-likeness (QED) is 0.785. The number of methoxy groups -OCH3 is 1. The number of hydrogen-bond donors (Lipinski definition) is 0. The van der Waals surface area contributed by atoms with Crippen LogP contribution >= 0.6 is 15.9 Å². The monoisotopic (exact) mass is 352 g/mol. The molecule has 1 aromatic heterocycles. The maximum absolute atomic E-state index is 12.0. The number of halogens is 1. The molecule has 5 heteroatoms. The Morgan fingerprint density at radius 3 is 2.57 bits per heavy atom. The van der Waals surface area contributed by atoms with E-state index in [-0.39, 0.29) is 12.0 Å². The molecule has 0 aromatic carbocycles. The highest BCUT2D eigenvalue weighted by atomic mass is 79.9. The number of nitrogens with zero attached hydrogens (tertiary/aromatic N) is 2. The van der Waals surface area contributed by atoms with E-state index in [0.29, 0.717) is 0 Å². The van der Waals surface area contributed by atoms with Crippen molar-refractivity contribution in [3.8, 4) is 11.8 Å². The molecule has 0 aliphatic carbocycles. The molecule has 114 valence electrons. The van der Waals surface area contributed by atoms with E-state index in [1.54, 1.807) is 32.3 Å². The van der Waals surface area contributed by atoms with E-state index in [4.69, 9.17) is 4.74 Å². The summed E-state index contributed by atoms with van der Waals surface area (Å²) >= 11 is 3.48. The lowest BCUT2D eigenvalue weighted by Gasteiger charge is -2.21. The second-order valence-corrected chi connectivity index (χ2v) is 6.40. The molecule has 1 amide bonds. The molecular weight excluding hydrogens is 332 g/mol. The van der Waals surface area contributed by atoms with Gasteiger partial charge in [-0.25, -0.2) is 0 Å². The van der Waals surface area contributed by atoms with Crippen LogP contribution in [0.4, 0.5) is 0 Å². The Morgan fingerprint density at radius 2 is 2.10 bits per heavy atom. The largest absolute Gasteiger partial charge is 0.375 e. The molecule has 1 aromatic rings. The van der Waals surface area contributed by atoms with Crippen LogP contribution in [-0.4, -0.2) is 37.0 Å². The summed E-state index contributed by atoms with van der Waals surface area (Å²) in [7, 11) is 5.09. The van der Waals surface area contributed by atoms with Crippen LogP contribution in [0.25, 0.3) is 0 Å². The molecule has 0 radical (unpaired) electrons. The predicted octanol–water partition coefficient (Wildman–Crippen LogP) is 3.02. The van der Waals surface area contributed by atoms with Crippen molar-refractivity contribution in [1.29, 1.82) is 0 Å². The van der Waals surface area contributed by atoms with Gasteiger partial charge in [0.15, 0.2) is 0 Å². The molecule has 1 atom stereocenters. The zero-order chi connectivity index (χ0) is 16.2. The molecular formula is C16H21BrN2O2. The first kappa shape index (κ1) is 17.7. The summed E-state index contributed by atoms with van der Waals surface area (Å²) in [6.07, 6.45) is 1.60. The molecule has 0 spiro atoms. The topological polar surface area (TPSA) is 42.4 Å². The number of hydrogen-bond acceptors (Lipinski definition) is 3. The third kappa shape index (κ3) is 4.55. The van der Waals surface area contributed by atoms with Gasteiger partial charge < -0.3 is 9.64 Å². The molecule has 0 N–H and O–H groups in total. The lowest BCUT2D eigenvalue weighted by Crippen LogP contribution is -2.34. The number of aromatic nitrogens is 1. The number of amides is 1. The van der Waals surface area contributed by atoms with Crippen molar-refractivity contribution in [3.05, 3.63) is 28.0 Å². The second kappa shape index (κ2) is 7.06. The van der Waals surface area contributed by atoms with Gasteiger partial charge in [0.05, 0.1) is 11.8 Å². The minimum Gasteiger partial charge on any atom is -0.375 e. The molecule has 0 bridgehead atoms. The average Bonchev–Trinajstić information content (AvgIpc) is 2.43. The fourth-order valence-corrected chi connectivity index (χ4v) is 2.44. The first-order valence-electron chi connectivity index (χ1n) is 6.62. The molecule has 0 saturated carbocycles. The van der Waals surface area contributed by atoms with E-state index < -0.39 is 5.41 Å². The Kier molecular flexibility index (Phi) is 5.94. The minimum absolute atomic E-state index is 0.0216. The standard InChI is InChI=1S/C16H21BrN2O2/c1-11(21-6)14-13(17)9-12(10-18-14)7-8-16(2,3)15(20)19(4)5/h9-11H,1-6H3/t11-/m0/s1. The molecule has 0 fully saturated rings. The van der Waals surface area contributed by atoms with Crippen LogP contribution in [-0.2, 0) is 9.53 Å². The summed E-state index contributed by atoms with van der Waals surface area (Å²) < 4.78 is 6.10. The van der Waals surface area contributed by atoms with Gasteiger partial charge in [0.2, 0.25) is 5.91 Å². The molecule has 0 saturated heterocycles. The van der Waals surface area contributed by atoms with Crippen LogP contribution < -0.4 is 0 Å². The van der Waals surface area contributed by atoms with Gasteiger partial charge >= 0.3 is 0 Å². The molecule has 0 unspecified atom stereocenters. The van der Waals surface area contributed by atoms with Gasteiger partial charge in [0.1, 0.15) is 5.41 Å². The maximum atomic E-state index is 12.0. The van der Waals surface area contributed by atoms with Crippen molar-refractivity contribution in [2.24, 2.45) is 5.41 Å². The van der Waals surface area contributed by atoms with E-state index in [2.05, 4.69) is 32.8 Å². The molecule has 0 aliphatic rings. The fraction of sp³-hybridized carbons (Fsp3) is 0.500. The summed E-state index contributed by atoms with van der Waals surface area (Å²) in [5.41, 5.74) is 0.856. The highest BCUT2D eigenvalue weighted by molar-refractivity contribution is 9.10. The Bertz CT molecular complexity index is 586. The van der Waals surface area contributed by atoms with Gasteiger partial charge in [-0.05, 0) is 42.8 Å². The van der Waals surface area contributed by atoms with E-state index in [1.807, 2.05) is 26.8 Å². The predicted molar refractivity (Wildman–Crippen MR) is 86.7 cm³/mol. The van der Waals surface area contributed by atoms with Gasteiger partial charge in [-0.1, -0.05) is 11.8 Å². The lowest BCUT2D eigenvalue weighted by atomic mass is 9.92. The van der Waals surface area contributed by atoms with Gasteiger partial charge in [0, 0.05) is 37.4 Å². The normalized spacial score (nSPS) is 12.3. The van der Waals surface area contributed by atoms with Crippen LogP contribution in [0.5, 0.6) is 0 Å². The zero-order valence-electron chi connectivity index (χ0n) is 13.3. The third-order valence-electron chi connectivity index (χ3n) is 3.07. The number of carbonyl (C=O) groups is 1. The van der Waals surface area contributed by atoms with Crippen molar-refractivity contribution in [2.75, 3.05) is 21.2 Å². The van der Waals surface area contributed by atoms with Crippen LogP contribution in [0.2, 0.25) is 0 Å². The summed E-state index contributed by atoms with van der Waals surface area (Å²) in [5.74, 6) is 6.01. The first-order valence-corrected chi connectivity index (χ1v) is 7.41. The van der Waals surface area contributed by atoms with Crippen molar-refractivity contribution in [3.63, 3.8) is 0 Å². The highest BCUT2D eigenvalue weighted by Crippen LogP contribution is 2.24. The minimum atomic E-state index is -0.728.